The summed E-state index contributed by atoms with van der Waals surface area (Å²) in [5, 5.41) is 3.65. The fourth-order valence-corrected chi connectivity index (χ4v) is 3.98. The smallest absolute Gasteiger partial charge is 0.248 e. The Bertz CT molecular complexity index is 828. The second-order valence-electron chi connectivity index (χ2n) is 6.38. The Morgan fingerprint density at radius 2 is 2.04 bits per heavy atom. The molecule has 1 amide bonds. The van der Waals surface area contributed by atoms with Crippen LogP contribution in [0.1, 0.15) is 39.9 Å². The van der Waals surface area contributed by atoms with E-state index in [2.05, 4.69) is 23.5 Å². The van der Waals surface area contributed by atoms with Crippen molar-refractivity contribution in [2.75, 3.05) is 12.4 Å². The Hall–Kier alpha value is -2.75. The second kappa shape index (κ2) is 5.71. The normalized spacial score (nSPS) is 24.0. The molecule has 1 aliphatic heterocycles. The average Bonchev–Trinajstić information content (AvgIpc) is 3.10. The Labute approximate surface area is 141 Å². The lowest BCUT2D eigenvalue weighted by atomic mass is 9.76. The van der Waals surface area contributed by atoms with Crippen LogP contribution in [0.3, 0.4) is 0 Å². The number of allylic oxidation sites excluding steroid dienone is 2. The first kappa shape index (κ1) is 14.8. The van der Waals surface area contributed by atoms with E-state index in [9.17, 15) is 4.79 Å². The summed E-state index contributed by atoms with van der Waals surface area (Å²) >= 11 is 0. The maximum atomic E-state index is 11.5. The van der Waals surface area contributed by atoms with Gasteiger partial charge in [-0.3, -0.25) is 4.79 Å². The van der Waals surface area contributed by atoms with Crippen molar-refractivity contribution in [3.63, 3.8) is 0 Å². The molecule has 3 atom stereocenters. The van der Waals surface area contributed by atoms with Gasteiger partial charge in [-0.25, -0.2) is 0 Å². The van der Waals surface area contributed by atoms with Gasteiger partial charge in [-0.2, -0.15) is 0 Å². The summed E-state index contributed by atoms with van der Waals surface area (Å²) in [6.45, 7) is 0. The largest absolute Gasteiger partial charge is 0.496 e. The van der Waals surface area contributed by atoms with Crippen molar-refractivity contribution in [3.8, 4) is 5.75 Å². The van der Waals surface area contributed by atoms with Crippen LogP contribution in [-0.4, -0.2) is 13.0 Å². The molecule has 0 spiro atoms. The number of carbonyl (C=O) groups is 1. The zero-order chi connectivity index (χ0) is 16.7. The molecule has 0 saturated heterocycles. The van der Waals surface area contributed by atoms with Crippen LogP contribution in [0.25, 0.3) is 0 Å². The zero-order valence-electron chi connectivity index (χ0n) is 13.5. The highest BCUT2D eigenvalue weighted by atomic mass is 16.5. The topological polar surface area (TPSA) is 64.3 Å². The standard InChI is InChI=1S/C20H20N2O2/c1-24-18-8-3-2-5-15(18)19-14-7-4-6-13(14)16-11-12(20(21)23)9-10-17(16)22-19/h2-6,8-11,13-14,19,22H,7H2,1H3,(H2,21,23). The fourth-order valence-electron chi connectivity index (χ4n) is 3.98. The predicted octanol–water partition coefficient (Wildman–Crippen LogP) is 3.62. The molecular weight excluding hydrogens is 300 g/mol. The number of nitrogens with one attached hydrogen (secondary N) is 1. The number of nitrogens with two attached hydrogens (primary N) is 1. The van der Waals surface area contributed by atoms with Gasteiger partial charge in [0.2, 0.25) is 5.91 Å². The van der Waals surface area contributed by atoms with Gasteiger partial charge in [-0.05, 0) is 42.2 Å². The van der Waals surface area contributed by atoms with Gasteiger partial charge >= 0.3 is 0 Å². The Morgan fingerprint density at radius 1 is 1.21 bits per heavy atom. The van der Waals surface area contributed by atoms with Gasteiger partial charge in [0.05, 0.1) is 13.2 Å². The third-order valence-electron chi connectivity index (χ3n) is 5.12. The molecule has 2 aromatic rings. The van der Waals surface area contributed by atoms with Crippen molar-refractivity contribution < 1.29 is 9.53 Å². The highest BCUT2D eigenvalue weighted by molar-refractivity contribution is 5.93. The number of rotatable bonds is 3. The number of hydrogen-bond acceptors (Lipinski definition) is 3. The van der Waals surface area contributed by atoms with Gasteiger partial charge < -0.3 is 15.8 Å². The van der Waals surface area contributed by atoms with E-state index < -0.39 is 0 Å². The molecule has 2 aromatic carbocycles. The number of ether oxygens (including phenoxy) is 1. The van der Waals surface area contributed by atoms with Crippen LogP contribution in [0.2, 0.25) is 0 Å². The van der Waals surface area contributed by atoms with Crippen LogP contribution < -0.4 is 15.8 Å². The molecule has 0 bridgehead atoms. The highest BCUT2D eigenvalue weighted by Crippen LogP contribution is 2.51. The SMILES string of the molecule is COc1ccccc1C1Nc2ccc(C(N)=O)cc2C2C=CCC21. The molecule has 0 radical (unpaired) electrons. The molecule has 4 rings (SSSR count). The van der Waals surface area contributed by atoms with Gasteiger partial charge in [0.25, 0.3) is 0 Å². The van der Waals surface area contributed by atoms with E-state index >= 15 is 0 Å². The van der Waals surface area contributed by atoms with Gasteiger partial charge in [0.15, 0.2) is 0 Å². The first-order valence-electron chi connectivity index (χ1n) is 8.19. The van der Waals surface area contributed by atoms with E-state index in [1.54, 1.807) is 13.2 Å². The summed E-state index contributed by atoms with van der Waals surface area (Å²) in [6.07, 6.45) is 5.48. The Kier molecular flexibility index (Phi) is 3.53. The summed E-state index contributed by atoms with van der Waals surface area (Å²) in [4.78, 5) is 11.5. The summed E-state index contributed by atoms with van der Waals surface area (Å²) in [5.74, 6) is 1.20. The first-order chi connectivity index (χ1) is 11.7. The molecule has 122 valence electrons. The van der Waals surface area contributed by atoms with E-state index in [1.165, 1.54) is 5.56 Å². The lowest BCUT2D eigenvalue weighted by molar-refractivity contribution is 0.1000. The maximum absolute atomic E-state index is 11.5. The van der Waals surface area contributed by atoms with Crippen LogP contribution in [0, 0.1) is 5.92 Å². The summed E-state index contributed by atoms with van der Waals surface area (Å²) in [5.41, 5.74) is 9.38. The van der Waals surface area contributed by atoms with Gasteiger partial charge in [0.1, 0.15) is 5.75 Å². The molecule has 0 saturated carbocycles. The molecule has 0 aromatic heterocycles. The number of anilines is 1. The van der Waals surface area contributed by atoms with Crippen molar-refractivity contribution in [2.24, 2.45) is 11.7 Å². The van der Waals surface area contributed by atoms with Gasteiger partial charge in [0, 0.05) is 22.7 Å². The van der Waals surface area contributed by atoms with Crippen LogP contribution in [0.5, 0.6) is 5.75 Å². The summed E-state index contributed by atoms with van der Waals surface area (Å²) in [6, 6.07) is 14.0. The second-order valence-corrected chi connectivity index (χ2v) is 6.38. The van der Waals surface area contributed by atoms with Crippen molar-refractivity contribution in [1.82, 2.24) is 0 Å². The average molecular weight is 320 g/mol. The van der Waals surface area contributed by atoms with Crippen molar-refractivity contribution in [3.05, 3.63) is 71.3 Å². The molecule has 24 heavy (non-hydrogen) atoms. The van der Waals surface area contributed by atoms with Crippen LogP contribution >= 0.6 is 0 Å². The third kappa shape index (κ3) is 2.26. The van der Waals surface area contributed by atoms with Crippen LogP contribution in [0.15, 0.2) is 54.6 Å². The number of fused-ring (bicyclic) bond motifs is 3. The molecule has 3 N–H and O–H groups in total. The van der Waals surface area contributed by atoms with Crippen LogP contribution in [-0.2, 0) is 0 Å². The third-order valence-corrected chi connectivity index (χ3v) is 5.12. The molecule has 1 aliphatic carbocycles. The molecule has 3 unspecified atom stereocenters. The number of hydrogen-bond donors (Lipinski definition) is 2. The Balaban J connectivity index is 1.80. The minimum atomic E-state index is -0.386. The molecular formula is C20H20N2O2. The zero-order valence-corrected chi connectivity index (χ0v) is 13.5. The van der Waals surface area contributed by atoms with E-state index in [1.807, 2.05) is 30.3 Å². The molecule has 4 heteroatoms. The first-order valence-corrected chi connectivity index (χ1v) is 8.19. The van der Waals surface area contributed by atoms with Crippen LogP contribution in [0.4, 0.5) is 5.69 Å². The molecule has 0 fully saturated rings. The fraction of sp³-hybridized carbons (Fsp3) is 0.250. The van der Waals surface area contributed by atoms with Gasteiger partial charge in [-0.15, -0.1) is 0 Å². The number of primary amides is 1. The Morgan fingerprint density at radius 3 is 2.83 bits per heavy atom. The number of para-hydroxylation sites is 1. The van der Waals surface area contributed by atoms with Crippen molar-refractivity contribution in [1.29, 1.82) is 0 Å². The maximum Gasteiger partial charge on any atom is 0.248 e. The van der Waals surface area contributed by atoms with Gasteiger partial charge in [-0.1, -0.05) is 30.4 Å². The minimum absolute atomic E-state index is 0.174. The van der Waals surface area contributed by atoms with Crippen molar-refractivity contribution >= 4 is 11.6 Å². The van der Waals surface area contributed by atoms with E-state index in [-0.39, 0.29) is 17.9 Å². The number of methoxy groups -OCH3 is 1. The van der Waals surface area contributed by atoms with Crippen molar-refractivity contribution in [2.45, 2.75) is 18.4 Å². The molecule has 1 heterocycles. The lowest BCUT2D eigenvalue weighted by Gasteiger charge is -2.38. The van der Waals surface area contributed by atoms with E-state index in [0.29, 0.717) is 11.5 Å². The minimum Gasteiger partial charge on any atom is -0.496 e. The molecule has 4 nitrogen and oxygen atoms in total. The lowest BCUT2D eigenvalue weighted by Crippen LogP contribution is -2.29. The quantitative estimate of drug-likeness (QED) is 0.849. The summed E-state index contributed by atoms with van der Waals surface area (Å²) < 4.78 is 5.56. The van der Waals surface area contributed by atoms with E-state index in [0.717, 1.165) is 23.4 Å². The monoisotopic (exact) mass is 320 g/mol. The number of carbonyl (C=O) groups excluding carboxylic acids is 1. The number of amides is 1. The number of benzene rings is 2. The molecule has 2 aliphatic rings. The summed E-state index contributed by atoms with van der Waals surface area (Å²) in [7, 11) is 1.71. The van der Waals surface area contributed by atoms with E-state index in [4.69, 9.17) is 10.5 Å². The predicted molar refractivity (Wildman–Crippen MR) is 94.3 cm³/mol. The highest BCUT2D eigenvalue weighted by Gasteiger charge is 2.39.